The lowest BCUT2D eigenvalue weighted by molar-refractivity contribution is -0.143. The molecule has 4 nitrogen and oxygen atoms in total. The Balaban J connectivity index is 2.34. The summed E-state index contributed by atoms with van der Waals surface area (Å²) in [6.07, 6.45) is -4.58. The molecule has 1 fully saturated rings. The first-order chi connectivity index (χ1) is 9.21. The van der Waals surface area contributed by atoms with E-state index in [1.807, 2.05) is 0 Å². The van der Waals surface area contributed by atoms with Crippen molar-refractivity contribution in [2.45, 2.75) is 18.6 Å². The van der Waals surface area contributed by atoms with Crippen LogP contribution in [0.5, 0.6) is 0 Å². The molecule has 0 aliphatic carbocycles. The quantitative estimate of drug-likeness (QED) is 0.908. The number of likely N-dealkylation sites (tertiary alicyclic amines) is 1. The molecule has 2 unspecified atom stereocenters. The fourth-order valence-electron chi connectivity index (χ4n) is 2.42. The molecule has 1 aromatic carbocycles. The molecule has 1 aromatic rings. The summed E-state index contributed by atoms with van der Waals surface area (Å²) >= 11 is 0. The van der Waals surface area contributed by atoms with E-state index in [2.05, 4.69) is 0 Å². The fourth-order valence-corrected chi connectivity index (χ4v) is 2.42. The number of halogens is 3. The van der Waals surface area contributed by atoms with E-state index in [1.165, 1.54) is 24.1 Å². The number of amides is 1. The van der Waals surface area contributed by atoms with Crippen LogP contribution in [0.2, 0.25) is 0 Å². The van der Waals surface area contributed by atoms with Crippen LogP contribution >= 0.6 is 0 Å². The molecule has 0 spiro atoms. The molecule has 108 valence electrons. The topological polar surface area (TPSA) is 57.6 Å². The summed E-state index contributed by atoms with van der Waals surface area (Å²) in [6.45, 7) is 0. The summed E-state index contributed by atoms with van der Waals surface area (Å²) < 4.78 is 37.4. The molecule has 0 radical (unpaired) electrons. The number of carboxylic acid groups (broad SMARTS) is 1. The van der Waals surface area contributed by atoms with Gasteiger partial charge in [-0.2, -0.15) is 13.2 Å². The molecule has 1 amide bonds. The number of carboxylic acids is 1. The maximum atomic E-state index is 12.5. The number of rotatable bonds is 2. The van der Waals surface area contributed by atoms with Gasteiger partial charge in [0, 0.05) is 13.5 Å². The Bertz CT molecular complexity index is 539. The number of aliphatic carboxylic acids is 1. The first kappa shape index (κ1) is 14.4. The van der Waals surface area contributed by atoms with Crippen molar-refractivity contribution in [2.75, 3.05) is 7.05 Å². The Hall–Kier alpha value is -2.05. The van der Waals surface area contributed by atoms with Gasteiger partial charge in [-0.15, -0.1) is 0 Å². The van der Waals surface area contributed by atoms with Gasteiger partial charge in [-0.1, -0.05) is 12.1 Å². The van der Waals surface area contributed by atoms with E-state index in [1.54, 1.807) is 0 Å². The lowest BCUT2D eigenvalue weighted by Crippen LogP contribution is -2.26. The van der Waals surface area contributed by atoms with Crippen molar-refractivity contribution in [1.29, 1.82) is 0 Å². The molecule has 1 N–H and O–H groups in total. The molecule has 1 aliphatic rings. The van der Waals surface area contributed by atoms with E-state index in [-0.39, 0.29) is 12.3 Å². The van der Waals surface area contributed by atoms with Gasteiger partial charge in [-0.25, -0.2) is 0 Å². The van der Waals surface area contributed by atoms with Crippen LogP contribution in [0.4, 0.5) is 13.2 Å². The Kier molecular flexibility index (Phi) is 3.45. The minimum Gasteiger partial charge on any atom is -0.481 e. The van der Waals surface area contributed by atoms with Crippen LogP contribution in [-0.4, -0.2) is 28.9 Å². The van der Waals surface area contributed by atoms with Gasteiger partial charge < -0.3 is 10.0 Å². The van der Waals surface area contributed by atoms with Gasteiger partial charge in [-0.3, -0.25) is 9.59 Å². The number of benzene rings is 1. The molecule has 1 heterocycles. The third kappa shape index (κ3) is 2.48. The van der Waals surface area contributed by atoms with Gasteiger partial charge in [0.25, 0.3) is 0 Å². The minimum absolute atomic E-state index is 0.141. The Morgan fingerprint density at radius 3 is 2.30 bits per heavy atom. The van der Waals surface area contributed by atoms with Crippen molar-refractivity contribution in [2.24, 2.45) is 5.92 Å². The molecular weight excluding hydrogens is 275 g/mol. The lowest BCUT2D eigenvalue weighted by atomic mass is 9.93. The fraction of sp³-hybridized carbons (Fsp3) is 0.385. The molecule has 2 rings (SSSR count). The van der Waals surface area contributed by atoms with E-state index >= 15 is 0 Å². The van der Waals surface area contributed by atoms with Crippen LogP contribution in [0.25, 0.3) is 0 Å². The predicted molar refractivity (Wildman–Crippen MR) is 62.7 cm³/mol. The first-order valence-electron chi connectivity index (χ1n) is 5.87. The number of carbonyl (C=O) groups excluding carboxylic acids is 1. The van der Waals surface area contributed by atoms with E-state index in [4.69, 9.17) is 5.11 Å². The first-order valence-corrected chi connectivity index (χ1v) is 5.87. The largest absolute Gasteiger partial charge is 0.481 e. The zero-order chi connectivity index (χ0) is 15.1. The second-order valence-corrected chi connectivity index (χ2v) is 4.72. The van der Waals surface area contributed by atoms with Crippen molar-refractivity contribution < 1.29 is 27.9 Å². The number of carbonyl (C=O) groups is 2. The summed E-state index contributed by atoms with van der Waals surface area (Å²) in [4.78, 5) is 24.0. The molecule has 1 saturated heterocycles. The van der Waals surface area contributed by atoms with Crippen molar-refractivity contribution in [3.63, 3.8) is 0 Å². The normalized spacial score (nSPS) is 23.2. The van der Waals surface area contributed by atoms with Gasteiger partial charge in [0.15, 0.2) is 0 Å². The van der Waals surface area contributed by atoms with E-state index < -0.39 is 29.7 Å². The average molecular weight is 287 g/mol. The zero-order valence-electron chi connectivity index (χ0n) is 10.5. The van der Waals surface area contributed by atoms with E-state index in [0.717, 1.165) is 12.1 Å². The summed E-state index contributed by atoms with van der Waals surface area (Å²) in [5.74, 6) is -2.40. The highest BCUT2D eigenvalue weighted by molar-refractivity contribution is 5.87. The van der Waals surface area contributed by atoms with Gasteiger partial charge in [0.05, 0.1) is 17.5 Å². The molecule has 7 heteroatoms. The molecule has 1 aliphatic heterocycles. The molecule has 2 atom stereocenters. The lowest BCUT2D eigenvalue weighted by Gasteiger charge is -2.23. The highest BCUT2D eigenvalue weighted by Gasteiger charge is 2.43. The van der Waals surface area contributed by atoms with Crippen molar-refractivity contribution in [1.82, 2.24) is 4.90 Å². The maximum absolute atomic E-state index is 12.5. The Morgan fingerprint density at radius 1 is 1.30 bits per heavy atom. The maximum Gasteiger partial charge on any atom is 0.416 e. The van der Waals surface area contributed by atoms with Gasteiger partial charge in [-0.05, 0) is 17.7 Å². The summed E-state index contributed by atoms with van der Waals surface area (Å²) in [5.41, 5.74) is -0.418. The number of nitrogens with zero attached hydrogens (tertiary/aromatic N) is 1. The van der Waals surface area contributed by atoms with Crippen molar-refractivity contribution >= 4 is 11.9 Å². The Labute approximate surface area is 112 Å². The highest BCUT2D eigenvalue weighted by atomic mass is 19.4. The number of hydrogen-bond acceptors (Lipinski definition) is 2. The SMILES string of the molecule is CN1C(=O)CC(C(=O)O)C1c1ccc(C(F)(F)F)cc1. The van der Waals surface area contributed by atoms with Crippen LogP contribution in [0.1, 0.15) is 23.6 Å². The second kappa shape index (κ2) is 4.81. The number of alkyl halides is 3. The van der Waals surface area contributed by atoms with Gasteiger partial charge in [0.1, 0.15) is 0 Å². The average Bonchev–Trinajstić information content (AvgIpc) is 2.65. The van der Waals surface area contributed by atoms with Crippen LogP contribution < -0.4 is 0 Å². The smallest absolute Gasteiger partial charge is 0.416 e. The highest BCUT2D eigenvalue weighted by Crippen LogP contribution is 2.38. The summed E-state index contributed by atoms with van der Waals surface area (Å²) in [7, 11) is 1.45. The monoisotopic (exact) mass is 287 g/mol. The third-order valence-corrected chi connectivity index (χ3v) is 3.48. The van der Waals surface area contributed by atoms with Gasteiger partial charge in [0.2, 0.25) is 5.91 Å². The molecule has 20 heavy (non-hydrogen) atoms. The van der Waals surface area contributed by atoms with Crippen molar-refractivity contribution in [3.8, 4) is 0 Å². The number of hydrogen-bond donors (Lipinski definition) is 1. The zero-order valence-corrected chi connectivity index (χ0v) is 10.5. The third-order valence-electron chi connectivity index (χ3n) is 3.48. The molecule has 0 bridgehead atoms. The van der Waals surface area contributed by atoms with Crippen LogP contribution in [0.15, 0.2) is 24.3 Å². The summed E-state index contributed by atoms with van der Waals surface area (Å²) in [5, 5.41) is 9.11. The van der Waals surface area contributed by atoms with E-state index in [9.17, 15) is 22.8 Å². The standard InChI is InChI=1S/C13H12F3NO3/c1-17-10(18)6-9(12(19)20)11(17)7-2-4-8(5-3-7)13(14,15)16/h2-5,9,11H,6H2,1H3,(H,19,20). The van der Waals surface area contributed by atoms with Crippen LogP contribution in [0.3, 0.4) is 0 Å². The van der Waals surface area contributed by atoms with Crippen LogP contribution in [0, 0.1) is 5.92 Å². The predicted octanol–water partition coefficient (Wildman–Crippen LogP) is 2.31. The Morgan fingerprint density at radius 2 is 1.85 bits per heavy atom. The van der Waals surface area contributed by atoms with Crippen LogP contribution in [-0.2, 0) is 15.8 Å². The summed E-state index contributed by atoms with van der Waals surface area (Å²) in [6, 6.07) is 3.49. The molecule has 0 aromatic heterocycles. The van der Waals surface area contributed by atoms with E-state index in [0.29, 0.717) is 5.56 Å². The molecule has 0 saturated carbocycles. The molecular formula is C13H12F3NO3. The van der Waals surface area contributed by atoms with Crippen molar-refractivity contribution in [3.05, 3.63) is 35.4 Å². The van der Waals surface area contributed by atoms with Gasteiger partial charge >= 0.3 is 12.1 Å². The second-order valence-electron chi connectivity index (χ2n) is 4.72. The minimum atomic E-state index is -4.44.